The third kappa shape index (κ3) is 3.69. The van der Waals surface area contributed by atoms with Gasteiger partial charge in [0.15, 0.2) is 5.13 Å². The number of sulfonamides is 1. The number of nitrogen functional groups attached to an aromatic ring is 1. The standard InChI is InChI=1S/C10H10BrN3O2S2/c11-9-5-13-10(17-9)14-18(15,16)6-7-2-1-3-8(12)4-7/h1-5H,6,12H2,(H,13,14). The van der Waals surface area contributed by atoms with Crippen LogP contribution in [0.1, 0.15) is 5.56 Å². The Bertz CT molecular complexity index is 655. The van der Waals surface area contributed by atoms with Crippen LogP contribution in [-0.2, 0) is 15.8 Å². The van der Waals surface area contributed by atoms with Gasteiger partial charge in [0.25, 0.3) is 0 Å². The maximum absolute atomic E-state index is 11.9. The molecule has 3 N–H and O–H groups in total. The second-order valence-corrected chi connectivity index (χ2v) is 7.71. The van der Waals surface area contributed by atoms with Crippen molar-refractivity contribution in [2.45, 2.75) is 5.75 Å². The molecule has 0 saturated heterocycles. The summed E-state index contributed by atoms with van der Waals surface area (Å²) in [5.74, 6) is -0.130. The predicted octanol–water partition coefficient (Wildman–Crippen LogP) is 2.43. The van der Waals surface area contributed by atoms with Crippen molar-refractivity contribution in [1.82, 2.24) is 4.98 Å². The fraction of sp³-hybridized carbons (Fsp3) is 0.100. The summed E-state index contributed by atoms with van der Waals surface area (Å²) in [6.07, 6.45) is 1.54. The number of nitrogens with two attached hydrogens (primary N) is 1. The highest BCUT2D eigenvalue weighted by molar-refractivity contribution is 9.11. The van der Waals surface area contributed by atoms with Gasteiger partial charge in [-0.05, 0) is 33.6 Å². The van der Waals surface area contributed by atoms with Crippen molar-refractivity contribution >= 4 is 48.1 Å². The number of anilines is 2. The Morgan fingerprint density at radius 2 is 2.22 bits per heavy atom. The lowest BCUT2D eigenvalue weighted by Gasteiger charge is -2.05. The van der Waals surface area contributed by atoms with Crippen LogP contribution in [0.3, 0.4) is 0 Å². The van der Waals surface area contributed by atoms with E-state index in [1.54, 1.807) is 30.5 Å². The molecule has 8 heteroatoms. The van der Waals surface area contributed by atoms with E-state index in [4.69, 9.17) is 5.73 Å². The van der Waals surface area contributed by atoms with Crippen molar-refractivity contribution in [3.8, 4) is 0 Å². The van der Waals surface area contributed by atoms with E-state index in [0.717, 1.165) is 3.79 Å². The van der Waals surface area contributed by atoms with Gasteiger partial charge in [-0.3, -0.25) is 4.72 Å². The molecule has 0 aliphatic carbocycles. The molecular formula is C10H10BrN3O2S2. The van der Waals surface area contributed by atoms with Crippen molar-refractivity contribution in [2.75, 3.05) is 10.5 Å². The molecule has 0 bridgehead atoms. The van der Waals surface area contributed by atoms with Crippen LogP contribution < -0.4 is 10.5 Å². The predicted molar refractivity (Wildman–Crippen MR) is 76.9 cm³/mol. The van der Waals surface area contributed by atoms with Crippen LogP contribution in [0.15, 0.2) is 34.2 Å². The maximum Gasteiger partial charge on any atom is 0.238 e. The molecule has 0 unspecified atom stereocenters. The minimum atomic E-state index is -3.47. The van der Waals surface area contributed by atoms with Gasteiger partial charge in [0, 0.05) is 5.69 Å². The quantitative estimate of drug-likeness (QED) is 0.831. The highest BCUT2D eigenvalue weighted by Crippen LogP contribution is 2.24. The number of aromatic nitrogens is 1. The van der Waals surface area contributed by atoms with E-state index >= 15 is 0 Å². The van der Waals surface area contributed by atoms with Crippen molar-refractivity contribution in [3.63, 3.8) is 0 Å². The van der Waals surface area contributed by atoms with Gasteiger partial charge in [-0.1, -0.05) is 23.5 Å². The minimum Gasteiger partial charge on any atom is -0.399 e. The molecule has 0 atom stereocenters. The summed E-state index contributed by atoms with van der Waals surface area (Å²) in [6, 6.07) is 6.78. The van der Waals surface area contributed by atoms with Gasteiger partial charge in [-0.15, -0.1) is 0 Å². The molecule has 1 aromatic heterocycles. The van der Waals surface area contributed by atoms with Crippen LogP contribution in [0.2, 0.25) is 0 Å². The molecular weight excluding hydrogens is 338 g/mol. The lowest BCUT2D eigenvalue weighted by molar-refractivity contribution is 0.600. The van der Waals surface area contributed by atoms with Crippen molar-refractivity contribution in [3.05, 3.63) is 39.8 Å². The molecule has 2 rings (SSSR count). The SMILES string of the molecule is Nc1cccc(CS(=O)(=O)Nc2ncc(Br)s2)c1. The lowest BCUT2D eigenvalue weighted by Crippen LogP contribution is -2.14. The number of benzene rings is 1. The van der Waals surface area contributed by atoms with Crippen LogP contribution in [-0.4, -0.2) is 13.4 Å². The largest absolute Gasteiger partial charge is 0.399 e. The summed E-state index contributed by atoms with van der Waals surface area (Å²) >= 11 is 4.44. The van der Waals surface area contributed by atoms with Crippen molar-refractivity contribution < 1.29 is 8.42 Å². The number of halogens is 1. The molecule has 5 nitrogen and oxygen atoms in total. The fourth-order valence-corrected chi connectivity index (χ4v) is 3.89. The Labute approximate surface area is 117 Å². The monoisotopic (exact) mass is 347 g/mol. The first-order valence-corrected chi connectivity index (χ1v) is 8.17. The van der Waals surface area contributed by atoms with Gasteiger partial charge in [0.2, 0.25) is 10.0 Å². The number of thiazole rings is 1. The van der Waals surface area contributed by atoms with Gasteiger partial charge in [-0.2, -0.15) is 0 Å². The molecule has 0 fully saturated rings. The van der Waals surface area contributed by atoms with E-state index in [2.05, 4.69) is 25.6 Å². The Kier molecular flexibility index (Phi) is 3.88. The number of hydrogen-bond donors (Lipinski definition) is 2. The molecule has 2 aromatic rings. The first kappa shape index (κ1) is 13.3. The average Bonchev–Trinajstić information content (AvgIpc) is 2.62. The lowest BCUT2D eigenvalue weighted by atomic mass is 10.2. The van der Waals surface area contributed by atoms with E-state index in [1.165, 1.54) is 11.3 Å². The van der Waals surface area contributed by atoms with Crippen LogP contribution >= 0.6 is 27.3 Å². The summed E-state index contributed by atoms with van der Waals surface area (Å²) in [5.41, 5.74) is 6.78. The van der Waals surface area contributed by atoms with E-state index in [0.29, 0.717) is 16.4 Å². The molecule has 0 aliphatic rings. The van der Waals surface area contributed by atoms with Gasteiger partial charge < -0.3 is 5.73 Å². The third-order valence-electron chi connectivity index (χ3n) is 2.03. The zero-order valence-electron chi connectivity index (χ0n) is 9.13. The first-order chi connectivity index (χ1) is 8.44. The summed E-state index contributed by atoms with van der Waals surface area (Å²) in [5, 5.41) is 0.339. The maximum atomic E-state index is 11.9. The summed E-state index contributed by atoms with van der Waals surface area (Å²) in [4.78, 5) is 3.92. The van der Waals surface area contributed by atoms with Crippen molar-refractivity contribution in [1.29, 1.82) is 0 Å². The second kappa shape index (κ2) is 5.25. The van der Waals surface area contributed by atoms with Gasteiger partial charge in [0.1, 0.15) is 0 Å². The molecule has 1 heterocycles. The molecule has 18 heavy (non-hydrogen) atoms. The van der Waals surface area contributed by atoms with E-state index in [1.807, 2.05) is 0 Å². The number of hydrogen-bond acceptors (Lipinski definition) is 5. The van der Waals surface area contributed by atoms with Gasteiger partial charge in [-0.25, -0.2) is 13.4 Å². The smallest absolute Gasteiger partial charge is 0.238 e. The van der Waals surface area contributed by atoms with Crippen LogP contribution in [0.5, 0.6) is 0 Å². The van der Waals surface area contributed by atoms with Crippen LogP contribution in [0, 0.1) is 0 Å². The Hall–Kier alpha value is -1.12. The van der Waals surface area contributed by atoms with E-state index in [-0.39, 0.29) is 5.75 Å². The van der Waals surface area contributed by atoms with Crippen LogP contribution in [0.4, 0.5) is 10.8 Å². The molecule has 0 spiro atoms. The molecule has 96 valence electrons. The molecule has 1 aromatic carbocycles. The topological polar surface area (TPSA) is 85.1 Å². The average molecular weight is 348 g/mol. The molecule has 0 radical (unpaired) electrons. The highest BCUT2D eigenvalue weighted by Gasteiger charge is 2.13. The number of rotatable bonds is 4. The van der Waals surface area contributed by atoms with Gasteiger partial charge >= 0.3 is 0 Å². The molecule has 0 aliphatic heterocycles. The number of nitrogens with zero attached hydrogens (tertiary/aromatic N) is 1. The first-order valence-electron chi connectivity index (χ1n) is 4.91. The zero-order chi connectivity index (χ0) is 13.2. The zero-order valence-corrected chi connectivity index (χ0v) is 12.3. The fourth-order valence-electron chi connectivity index (χ4n) is 1.37. The van der Waals surface area contributed by atoms with Crippen molar-refractivity contribution in [2.24, 2.45) is 0 Å². The summed E-state index contributed by atoms with van der Waals surface area (Å²) < 4.78 is 27.0. The normalized spacial score (nSPS) is 11.4. The third-order valence-corrected chi connectivity index (χ3v) is 4.77. The van der Waals surface area contributed by atoms with Crippen LogP contribution in [0.25, 0.3) is 0 Å². The Morgan fingerprint density at radius 1 is 1.44 bits per heavy atom. The van der Waals surface area contributed by atoms with Gasteiger partial charge in [0.05, 0.1) is 15.7 Å². The van der Waals surface area contributed by atoms with E-state index in [9.17, 15) is 8.42 Å². The Morgan fingerprint density at radius 3 is 2.83 bits per heavy atom. The van der Waals surface area contributed by atoms with E-state index < -0.39 is 10.0 Å². The highest BCUT2D eigenvalue weighted by atomic mass is 79.9. The summed E-state index contributed by atoms with van der Waals surface area (Å²) in [6.45, 7) is 0. The molecule has 0 amide bonds. The second-order valence-electron chi connectivity index (χ2n) is 3.58. The molecule has 0 saturated carbocycles. The minimum absolute atomic E-state index is 0.130. The Balaban J connectivity index is 2.12. The summed E-state index contributed by atoms with van der Waals surface area (Å²) in [7, 11) is -3.47. The number of nitrogens with one attached hydrogen (secondary N) is 1.